The summed E-state index contributed by atoms with van der Waals surface area (Å²) < 4.78 is 6.23. The average molecular weight is 670 g/mol. The van der Waals surface area contributed by atoms with E-state index in [1.54, 1.807) is 11.1 Å². The Labute approximate surface area is 304 Å². The lowest BCUT2D eigenvalue weighted by Gasteiger charge is -2.61. The van der Waals surface area contributed by atoms with Crippen LogP contribution in [-0.4, -0.2) is 0 Å². The van der Waals surface area contributed by atoms with Crippen LogP contribution in [0.4, 0.5) is 17.1 Å². The van der Waals surface area contributed by atoms with E-state index in [1.165, 1.54) is 65.1 Å². The van der Waals surface area contributed by atoms with E-state index in [9.17, 15) is 0 Å². The van der Waals surface area contributed by atoms with Crippen LogP contribution in [0.3, 0.4) is 0 Å². The molecule has 0 amide bonds. The molecule has 4 bridgehead atoms. The Hall–Kier alpha value is -5.60. The molecule has 13 rings (SSSR count). The molecule has 0 aliphatic heterocycles. The number of hydrogen-bond acceptors (Lipinski definition) is 2. The van der Waals surface area contributed by atoms with Crippen molar-refractivity contribution in [3.8, 4) is 22.3 Å². The number of hydrogen-bond donors (Lipinski definition) is 0. The topological polar surface area (TPSA) is 16.4 Å². The maximum atomic E-state index is 6.23. The minimum Gasteiger partial charge on any atom is -0.456 e. The Balaban J connectivity index is 0.978. The molecule has 4 saturated carbocycles. The molecular weight excluding hydrogens is 631 g/mol. The van der Waals surface area contributed by atoms with Crippen LogP contribution >= 0.6 is 0 Å². The minimum atomic E-state index is 0.179. The summed E-state index contributed by atoms with van der Waals surface area (Å²) in [6.45, 7) is 0. The first-order valence-electron chi connectivity index (χ1n) is 19.3. The Kier molecular flexibility index (Phi) is 5.98. The van der Waals surface area contributed by atoms with Crippen molar-refractivity contribution in [2.75, 3.05) is 4.90 Å². The number of fused-ring (bicyclic) bond motifs is 7. The van der Waals surface area contributed by atoms with Gasteiger partial charge in [-0.3, -0.25) is 0 Å². The van der Waals surface area contributed by atoms with E-state index < -0.39 is 0 Å². The number of nitrogens with zero attached hydrogens (tertiary/aromatic N) is 1. The summed E-state index contributed by atoms with van der Waals surface area (Å²) in [5, 5.41) is 4.75. The predicted octanol–water partition coefficient (Wildman–Crippen LogP) is 13.6. The van der Waals surface area contributed by atoms with E-state index in [0.717, 1.165) is 62.7 Å². The normalized spacial score (nSPS) is 23.8. The van der Waals surface area contributed by atoms with Gasteiger partial charge in [0.1, 0.15) is 11.2 Å². The highest BCUT2D eigenvalue weighted by molar-refractivity contribution is 6.06. The van der Waals surface area contributed by atoms with Gasteiger partial charge in [0.2, 0.25) is 0 Å². The third-order valence-electron chi connectivity index (χ3n) is 13.6. The molecule has 5 aliphatic carbocycles. The van der Waals surface area contributed by atoms with Gasteiger partial charge in [-0.25, -0.2) is 0 Å². The third kappa shape index (κ3) is 4.01. The van der Waals surface area contributed by atoms with Gasteiger partial charge in [0.25, 0.3) is 0 Å². The van der Waals surface area contributed by atoms with E-state index in [1.807, 2.05) is 6.07 Å². The van der Waals surface area contributed by atoms with Gasteiger partial charge in [0, 0.05) is 33.2 Å². The fraction of sp³-hybridized carbons (Fsp3) is 0.200. The van der Waals surface area contributed by atoms with Crippen LogP contribution in [0.25, 0.3) is 55.0 Å². The second-order valence-corrected chi connectivity index (χ2v) is 16.2. The molecule has 7 aromatic carbocycles. The fourth-order valence-corrected chi connectivity index (χ4v) is 11.8. The summed E-state index contributed by atoms with van der Waals surface area (Å²) in [6, 6.07) is 56.5. The maximum Gasteiger partial charge on any atom is 0.135 e. The molecule has 0 N–H and O–H groups in total. The lowest BCUT2D eigenvalue weighted by molar-refractivity contribution is -0.0399. The molecule has 2 nitrogen and oxygen atoms in total. The second kappa shape index (κ2) is 10.7. The number of anilines is 3. The van der Waals surface area contributed by atoms with Crippen molar-refractivity contribution in [1.29, 1.82) is 0 Å². The van der Waals surface area contributed by atoms with Crippen molar-refractivity contribution >= 4 is 49.8 Å². The van der Waals surface area contributed by atoms with E-state index in [0.29, 0.717) is 0 Å². The summed E-state index contributed by atoms with van der Waals surface area (Å²) in [4.78, 5) is 2.39. The van der Waals surface area contributed by atoms with Crippen LogP contribution in [0, 0.1) is 23.7 Å². The highest BCUT2D eigenvalue weighted by Gasteiger charge is 2.61. The first kappa shape index (κ1) is 29.0. The minimum absolute atomic E-state index is 0.179. The van der Waals surface area contributed by atoms with E-state index in [2.05, 4.69) is 150 Å². The monoisotopic (exact) mass is 669 g/mol. The van der Waals surface area contributed by atoms with Gasteiger partial charge in [-0.2, -0.15) is 0 Å². The van der Waals surface area contributed by atoms with Crippen molar-refractivity contribution < 1.29 is 4.42 Å². The van der Waals surface area contributed by atoms with Crippen molar-refractivity contribution in [3.63, 3.8) is 0 Å². The predicted molar refractivity (Wildman–Crippen MR) is 215 cm³/mol. The molecule has 0 unspecified atom stereocenters. The zero-order valence-corrected chi connectivity index (χ0v) is 29.1. The third-order valence-corrected chi connectivity index (χ3v) is 13.6. The molecule has 0 radical (unpaired) electrons. The van der Waals surface area contributed by atoms with Crippen LogP contribution in [-0.2, 0) is 5.41 Å². The van der Waals surface area contributed by atoms with E-state index >= 15 is 0 Å². The standard InChI is InChI=1S/C50H39NO/c1-2-8-35-28-40(19-15-33(35)7-1)51(41-20-22-49-45(30-41)44-10-4-6-12-48(44)52-49)39-17-13-34(14-18-39)36-16-21-43-42-9-3-5-11-46(42)50(47(43)29-36)37-24-31-23-32(26-37)27-38(50)25-31/h1-22,28-32,37-38H,23-27H2. The van der Waals surface area contributed by atoms with Crippen molar-refractivity contribution in [3.05, 3.63) is 163 Å². The molecule has 0 saturated heterocycles. The molecule has 1 heterocycles. The second-order valence-electron chi connectivity index (χ2n) is 16.2. The zero-order valence-electron chi connectivity index (χ0n) is 29.1. The summed E-state index contributed by atoms with van der Waals surface area (Å²) in [7, 11) is 0. The van der Waals surface area contributed by atoms with E-state index in [-0.39, 0.29) is 5.41 Å². The van der Waals surface area contributed by atoms with Gasteiger partial charge in [-0.15, -0.1) is 0 Å². The summed E-state index contributed by atoms with van der Waals surface area (Å²) >= 11 is 0. The van der Waals surface area contributed by atoms with Crippen LogP contribution in [0.1, 0.15) is 43.2 Å². The highest BCUT2D eigenvalue weighted by atomic mass is 16.3. The smallest absolute Gasteiger partial charge is 0.135 e. The molecule has 1 spiro atoms. The largest absolute Gasteiger partial charge is 0.456 e. The maximum absolute atomic E-state index is 6.23. The summed E-state index contributed by atoms with van der Waals surface area (Å²) in [6.07, 6.45) is 7.11. The number of benzene rings is 7. The van der Waals surface area contributed by atoms with Crippen molar-refractivity contribution in [1.82, 2.24) is 0 Å². The van der Waals surface area contributed by atoms with Crippen molar-refractivity contribution in [2.24, 2.45) is 23.7 Å². The Morgan fingerprint density at radius 1 is 0.442 bits per heavy atom. The van der Waals surface area contributed by atoms with E-state index in [4.69, 9.17) is 4.42 Å². The van der Waals surface area contributed by atoms with Crippen LogP contribution in [0.5, 0.6) is 0 Å². The lowest BCUT2D eigenvalue weighted by Crippen LogP contribution is -2.55. The SMILES string of the molecule is c1ccc2c(c1)-c1ccc(-c3ccc(N(c4ccc5ccccc5c4)c4ccc5oc6ccccc6c5c4)cc3)cc1C21C2CC3CC(C2)CC1C3. The highest BCUT2D eigenvalue weighted by Crippen LogP contribution is 2.69. The Morgan fingerprint density at radius 2 is 1.08 bits per heavy atom. The van der Waals surface area contributed by atoms with Gasteiger partial charge < -0.3 is 9.32 Å². The molecule has 52 heavy (non-hydrogen) atoms. The van der Waals surface area contributed by atoms with Gasteiger partial charge in [0.05, 0.1) is 0 Å². The van der Waals surface area contributed by atoms with Crippen LogP contribution in [0.2, 0.25) is 0 Å². The average Bonchev–Trinajstić information content (AvgIpc) is 3.70. The number of para-hydroxylation sites is 1. The quantitative estimate of drug-likeness (QED) is 0.185. The molecule has 2 heteroatoms. The summed E-state index contributed by atoms with van der Waals surface area (Å²) in [5.74, 6) is 3.42. The van der Waals surface area contributed by atoms with Gasteiger partial charge in [-0.05, 0) is 155 Å². The Bertz CT molecular complexity index is 2690. The molecule has 8 aromatic rings. The Morgan fingerprint density at radius 3 is 1.92 bits per heavy atom. The van der Waals surface area contributed by atoms with Gasteiger partial charge in [0.15, 0.2) is 0 Å². The molecule has 1 aromatic heterocycles. The molecule has 0 atom stereocenters. The lowest BCUT2D eigenvalue weighted by atomic mass is 9.43. The number of furan rings is 1. The first-order valence-corrected chi connectivity index (χ1v) is 19.3. The molecular formula is C50H39NO. The fourth-order valence-electron chi connectivity index (χ4n) is 11.8. The van der Waals surface area contributed by atoms with Crippen molar-refractivity contribution in [2.45, 2.75) is 37.5 Å². The first-order chi connectivity index (χ1) is 25.7. The van der Waals surface area contributed by atoms with Crippen LogP contribution in [0.15, 0.2) is 156 Å². The summed E-state index contributed by atoms with van der Waals surface area (Å²) in [5.41, 5.74) is 14.2. The van der Waals surface area contributed by atoms with Crippen LogP contribution < -0.4 is 4.90 Å². The molecule has 250 valence electrons. The van der Waals surface area contributed by atoms with Gasteiger partial charge in [-0.1, -0.05) is 97.1 Å². The molecule has 5 aliphatic rings. The zero-order chi connectivity index (χ0) is 34.0. The van der Waals surface area contributed by atoms with Gasteiger partial charge >= 0.3 is 0 Å². The molecule has 4 fully saturated rings. The number of rotatable bonds is 4.